The topological polar surface area (TPSA) is 97.0 Å². The van der Waals surface area contributed by atoms with Gasteiger partial charge in [-0.1, -0.05) is 61.4 Å². The zero-order valence-electron chi connectivity index (χ0n) is 19.7. The molecule has 7 nitrogen and oxygen atoms in total. The maximum Gasteiger partial charge on any atom is 0.297 e. The van der Waals surface area contributed by atoms with E-state index in [1.54, 1.807) is 31.6 Å². The standard InChI is InChI=1S/C15H13N3O2.C9H11NO.C2H6/c1-10-2-4-11(5-3-10)9-20-15-17-13-8-16-7-6-12(13)14(19)18-15;1-7-4-3-5-8(6-7)9(11)10-2;1-2/h2-8H,9H2,1H3,(H,17,18,19);3-6H,1-2H3,(H,10,11);1-2H3. The third-order valence-electron chi connectivity index (χ3n) is 4.49. The Morgan fingerprint density at radius 1 is 1.03 bits per heavy atom. The smallest absolute Gasteiger partial charge is 0.297 e. The molecule has 1 amide bonds. The minimum absolute atomic E-state index is 0.0336. The average molecular weight is 447 g/mol. The SMILES string of the molecule is CC.CNC(=O)c1cccc(C)c1.Cc1ccc(COc2nc3cnccc3c(=O)[nH]2)cc1. The van der Waals surface area contributed by atoms with E-state index in [4.69, 9.17) is 4.74 Å². The van der Waals surface area contributed by atoms with Crippen molar-refractivity contribution in [3.05, 3.63) is 99.6 Å². The molecule has 0 saturated heterocycles. The molecule has 0 aliphatic carbocycles. The Bertz CT molecular complexity index is 1230. The minimum atomic E-state index is -0.226. The minimum Gasteiger partial charge on any atom is -0.460 e. The van der Waals surface area contributed by atoms with Crippen LogP contribution in [0.4, 0.5) is 0 Å². The fraction of sp³-hybridized carbons (Fsp3) is 0.231. The molecule has 0 aliphatic rings. The number of nitrogens with zero attached hydrogens (tertiary/aromatic N) is 2. The van der Waals surface area contributed by atoms with E-state index in [0.717, 1.165) is 11.1 Å². The summed E-state index contributed by atoms with van der Waals surface area (Å²) >= 11 is 0. The van der Waals surface area contributed by atoms with Gasteiger partial charge in [0.2, 0.25) is 0 Å². The van der Waals surface area contributed by atoms with E-state index in [0.29, 0.717) is 23.1 Å². The van der Waals surface area contributed by atoms with Crippen LogP contribution in [0.15, 0.2) is 71.8 Å². The first kappa shape index (κ1) is 25.3. The van der Waals surface area contributed by atoms with Crippen molar-refractivity contribution in [1.29, 1.82) is 0 Å². The summed E-state index contributed by atoms with van der Waals surface area (Å²) in [5.41, 5.74) is 4.33. The van der Waals surface area contributed by atoms with Crippen LogP contribution in [-0.2, 0) is 6.61 Å². The van der Waals surface area contributed by atoms with Crippen LogP contribution in [0.5, 0.6) is 6.01 Å². The Hall–Kier alpha value is -4.00. The van der Waals surface area contributed by atoms with Crippen LogP contribution in [0.3, 0.4) is 0 Å². The molecule has 4 rings (SSSR count). The first-order chi connectivity index (χ1) is 16.0. The molecule has 172 valence electrons. The number of aromatic amines is 1. The molecular weight excluding hydrogens is 416 g/mol. The number of aryl methyl sites for hydroxylation is 2. The van der Waals surface area contributed by atoms with Crippen molar-refractivity contribution in [2.75, 3.05) is 7.05 Å². The maximum atomic E-state index is 11.9. The van der Waals surface area contributed by atoms with Crippen LogP contribution in [0.1, 0.15) is 40.9 Å². The number of carbonyl (C=O) groups is 1. The molecule has 0 bridgehead atoms. The highest BCUT2D eigenvalue weighted by atomic mass is 16.5. The maximum absolute atomic E-state index is 11.9. The number of rotatable bonds is 4. The van der Waals surface area contributed by atoms with Crippen LogP contribution < -0.4 is 15.6 Å². The van der Waals surface area contributed by atoms with Crippen molar-refractivity contribution in [3.8, 4) is 6.01 Å². The summed E-state index contributed by atoms with van der Waals surface area (Å²) in [5.74, 6) is -0.0336. The summed E-state index contributed by atoms with van der Waals surface area (Å²) in [6.45, 7) is 8.35. The van der Waals surface area contributed by atoms with Crippen molar-refractivity contribution >= 4 is 16.8 Å². The fourth-order valence-electron chi connectivity index (χ4n) is 2.80. The van der Waals surface area contributed by atoms with Gasteiger partial charge in [-0.3, -0.25) is 19.6 Å². The molecule has 33 heavy (non-hydrogen) atoms. The first-order valence-electron chi connectivity index (χ1n) is 10.8. The van der Waals surface area contributed by atoms with Gasteiger partial charge in [0.05, 0.1) is 17.1 Å². The summed E-state index contributed by atoms with van der Waals surface area (Å²) in [6.07, 6.45) is 3.11. The summed E-state index contributed by atoms with van der Waals surface area (Å²) < 4.78 is 5.53. The molecule has 0 radical (unpaired) electrons. The van der Waals surface area contributed by atoms with E-state index >= 15 is 0 Å². The van der Waals surface area contributed by atoms with Crippen molar-refractivity contribution in [3.63, 3.8) is 0 Å². The first-order valence-corrected chi connectivity index (χ1v) is 10.8. The molecule has 4 aromatic rings. The van der Waals surface area contributed by atoms with Crippen LogP contribution >= 0.6 is 0 Å². The third-order valence-corrected chi connectivity index (χ3v) is 4.49. The molecule has 0 spiro atoms. The number of benzene rings is 2. The van der Waals surface area contributed by atoms with Crippen LogP contribution in [0.2, 0.25) is 0 Å². The molecule has 2 N–H and O–H groups in total. The van der Waals surface area contributed by atoms with Gasteiger partial charge in [0.1, 0.15) is 6.61 Å². The number of amides is 1. The van der Waals surface area contributed by atoms with Gasteiger partial charge in [0, 0.05) is 18.8 Å². The van der Waals surface area contributed by atoms with Gasteiger partial charge in [0.15, 0.2) is 0 Å². The van der Waals surface area contributed by atoms with Crippen LogP contribution in [0, 0.1) is 13.8 Å². The second kappa shape index (κ2) is 12.8. The second-order valence-electron chi connectivity index (χ2n) is 6.99. The van der Waals surface area contributed by atoms with E-state index in [2.05, 4.69) is 20.3 Å². The summed E-state index contributed by atoms with van der Waals surface area (Å²) in [6, 6.07) is 17.3. The number of carbonyl (C=O) groups excluding carboxylic acids is 1. The van der Waals surface area contributed by atoms with Crippen LogP contribution in [-0.4, -0.2) is 27.9 Å². The zero-order chi connectivity index (χ0) is 24.2. The second-order valence-corrected chi connectivity index (χ2v) is 6.99. The number of hydrogen-bond acceptors (Lipinski definition) is 5. The summed E-state index contributed by atoms with van der Waals surface area (Å²) in [5, 5.41) is 3.07. The van der Waals surface area contributed by atoms with E-state index in [1.807, 2.05) is 70.2 Å². The number of pyridine rings is 1. The van der Waals surface area contributed by atoms with Crippen molar-refractivity contribution in [1.82, 2.24) is 20.3 Å². The Labute approximate surface area is 193 Å². The average Bonchev–Trinajstić information content (AvgIpc) is 2.85. The van der Waals surface area contributed by atoms with Crippen molar-refractivity contribution < 1.29 is 9.53 Å². The van der Waals surface area contributed by atoms with Gasteiger partial charge in [-0.2, -0.15) is 4.98 Å². The summed E-state index contributed by atoms with van der Waals surface area (Å²) in [7, 11) is 1.63. The van der Waals surface area contributed by atoms with E-state index in [1.165, 1.54) is 5.56 Å². The Balaban J connectivity index is 0.000000252. The van der Waals surface area contributed by atoms with Gasteiger partial charge >= 0.3 is 0 Å². The number of hydrogen-bond donors (Lipinski definition) is 2. The molecule has 0 aliphatic heterocycles. The van der Waals surface area contributed by atoms with Crippen LogP contribution in [0.25, 0.3) is 10.9 Å². The van der Waals surface area contributed by atoms with Gasteiger partial charge in [-0.05, 0) is 37.6 Å². The number of ether oxygens (including phenoxy) is 1. The number of aromatic nitrogens is 3. The Morgan fingerprint density at radius 2 is 1.76 bits per heavy atom. The monoisotopic (exact) mass is 446 g/mol. The third kappa shape index (κ3) is 7.57. The van der Waals surface area contributed by atoms with Crippen molar-refractivity contribution in [2.24, 2.45) is 0 Å². The lowest BCUT2D eigenvalue weighted by Crippen LogP contribution is -2.17. The van der Waals surface area contributed by atoms with Gasteiger partial charge in [-0.15, -0.1) is 0 Å². The Kier molecular flexibility index (Phi) is 9.77. The fourth-order valence-corrected chi connectivity index (χ4v) is 2.80. The Morgan fingerprint density at radius 3 is 2.42 bits per heavy atom. The normalized spacial score (nSPS) is 9.73. The molecule has 0 fully saturated rings. The molecule has 2 aromatic carbocycles. The molecule has 7 heteroatoms. The molecular formula is C26H30N4O3. The molecule has 2 aromatic heterocycles. The summed E-state index contributed by atoms with van der Waals surface area (Å²) in [4.78, 5) is 33.7. The number of nitrogens with one attached hydrogen (secondary N) is 2. The molecule has 2 heterocycles. The highest BCUT2D eigenvalue weighted by molar-refractivity contribution is 5.94. The predicted octanol–water partition coefficient (Wildman–Crippen LogP) is 4.59. The number of H-pyrrole nitrogens is 1. The predicted molar refractivity (Wildman–Crippen MR) is 132 cm³/mol. The molecule has 0 atom stereocenters. The lowest BCUT2D eigenvalue weighted by atomic mass is 10.1. The van der Waals surface area contributed by atoms with E-state index in [9.17, 15) is 9.59 Å². The van der Waals surface area contributed by atoms with Gasteiger partial charge in [-0.25, -0.2) is 0 Å². The zero-order valence-corrected chi connectivity index (χ0v) is 19.7. The highest BCUT2D eigenvalue weighted by Gasteiger charge is 2.04. The van der Waals surface area contributed by atoms with Gasteiger partial charge in [0.25, 0.3) is 17.5 Å². The molecule has 0 unspecified atom stereocenters. The lowest BCUT2D eigenvalue weighted by molar-refractivity contribution is 0.0963. The largest absolute Gasteiger partial charge is 0.460 e. The van der Waals surface area contributed by atoms with Crippen molar-refractivity contribution in [2.45, 2.75) is 34.3 Å². The van der Waals surface area contributed by atoms with E-state index in [-0.39, 0.29) is 17.5 Å². The van der Waals surface area contributed by atoms with Gasteiger partial charge < -0.3 is 10.1 Å². The lowest BCUT2D eigenvalue weighted by Gasteiger charge is -2.06. The quantitative estimate of drug-likeness (QED) is 0.478. The highest BCUT2D eigenvalue weighted by Crippen LogP contribution is 2.10. The molecule has 0 saturated carbocycles. The van der Waals surface area contributed by atoms with E-state index < -0.39 is 0 Å². The number of fused-ring (bicyclic) bond motifs is 1.